The highest BCUT2D eigenvalue weighted by atomic mass is 16.5. The predicted molar refractivity (Wildman–Crippen MR) is 74.3 cm³/mol. The SMILES string of the molecule is CO[C@H]1CN(C(C)C)C[C@@H]1NC(=O)c1cc[nH]c1C. The van der Waals surface area contributed by atoms with Crippen LogP contribution in [-0.2, 0) is 4.74 Å². The van der Waals surface area contributed by atoms with Crippen molar-refractivity contribution in [3.8, 4) is 0 Å². The van der Waals surface area contributed by atoms with Gasteiger partial charge in [-0.2, -0.15) is 0 Å². The number of nitrogens with zero attached hydrogens (tertiary/aromatic N) is 1. The van der Waals surface area contributed by atoms with Crippen molar-refractivity contribution in [3.63, 3.8) is 0 Å². The lowest BCUT2D eigenvalue weighted by Crippen LogP contribution is -2.43. The molecule has 2 rings (SSSR count). The van der Waals surface area contributed by atoms with Crippen LogP contribution in [0, 0.1) is 6.92 Å². The molecule has 106 valence electrons. The first-order valence-corrected chi connectivity index (χ1v) is 6.74. The third kappa shape index (κ3) is 2.98. The summed E-state index contributed by atoms with van der Waals surface area (Å²) in [4.78, 5) is 17.6. The van der Waals surface area contributed by atoms with Gasteiger partial charge in [0.15, 0.2) is 0 Å². The van der Waals surface area contributed by atoms with Crippen LogP contribution in [0.3, 0.4) is 0 Å². The third-order valence-electron chi connectivity index (χ3n) is 3.84. The van der Waals surface area contributed by atoms with Gasteiger partial charge in [0.2, 0.25) is 0 Å². The topological polar surface area (TPSA) is 57.4 Å². The zero-order valence-corrected chi connectivity index (χ0v) is 12.1. The Morgan fingerprint density at radius 3 is 2.79 bits per heavy atom. The van der Waals surface area contributed by atoms with Crippen LogP contribution in [0.25, 0.3) is 0 Å². The molecule has 1 amide bonds. The molecule has 1 fully saturated rings. The Hall–Kier alpha value is -1.33. The fourth-order valence-electron chi connectivity index (χ4n) is 2.55. The summed E-state index contributed by atoms with van der Waals surface area (Å²) in [7, 11) is 1.70. The fourth-order valence-corrected chi connectivity index (χ4v) is 2.55. The van der Waals surface area contributed by atoms with Crippen LogP contribution in [0.15, 0.2) is 12.3 Å². The van der Waals surface area contributed by atoms with Gasteiger partial charge in [-0.15, -0.1) is 0 Å². The zero-order valence-electron chi connectivity index (χ0n) is 12.1. The molecule has 0 saturated carbocycles. The van der Waals surface area contributed by atoms with Gasteiger partial charge in [-0.05, 0) is 26.8 Å². The Morgan fingerprint density at radius 1 is 1.53 bits per heavy atom. The predicted octanol–water partition coefficient (Wildman–Crippen LogP) is 1.16. The average Bonchev–Trinajstić information content (AvgIpc) is 2.95. The number of carbonyl (C=O) groups is 1. The van der Waals surface area contributed by atoms with E-state index in [-0.39, 0.29) is 18.1 Å². The molecule has 19 heavy (non-hydrogen) atoms. The van der Waals surface area contributed by atoms with E-state index in [2.05, 4.69) is 29.0 Å². The third-order valence-corrected chi connectivity index (χ3v) is 3.84. The van der Waals surface area contributed by atoms with Gasteiger partial charge in [0, 0.05) is 38.1 Å². The largest absolute Gasteiger partial charge is 0.378 e. The minimum absolute atomic E-state index is 0.0311. The molecule has 0 bridgehead atoms. The number of amides is 1. The van der Waals surface area contributed by atoms with Gasteiger partial charge in [0.05, 0.1) is 17.7 Å². The molecule has 1 aromatic rings. The highest BCUT2D eigenvalue weighted by Gasteiger charge is 2.35. The molecule has 5 nitrogen and oxygen atoms in total. The van der Waals surface area contributed by atoms with Gasteiger partial charge in [-0.1, -0.05) is 0 Å². The Morgan fingerprint density at radius 2 is 2.26 bits per heavy atom. The van der Waals surface area contributed by atoms with Crippen molar-refractivity contribution in [1.82, 2.24) is 15.2 Å². The first-order valence-electron chi connectivity index (χ1n) is 6.74. The molecule has 2 atom stereocenters. The van der Waals surface area contributed by atoms with E-state index in [1.165, 1.54) is 0 Å². The van der Waals surface area contributed by atoms with E-state index >= 15 is 0 Å². The van der Waals surface area contributed by atoms with Crippen molar-refractivity contribution in [2.75, 3.05) is 20.2 Å². The Balaban J connectivity index is 2.02. The highest BCUT2D eigenvalue weighted by Crippen LogP contribution is 2.16. The molecule has 1 aliphatic rings. The number of rotatable bonds is 4. The smallest absolute Gasteiger partial charge is 0.253 e. The first-order chi connectivity index (χ1) is 9.02. The maximum atomic E-state index is 12.2. The van der Waals surface area contributed by atoms with Gasteiger partial charge < -0.3 is 15.0 Å². The summed E-state index contributed by atoms with van der Waals surface area (Å²) < 4.78 is 5.49. The molecular formula is C14H23N3O2. The number of hydrogen-bond donors (Lipinski definition) is 2. The van der Waals surface area contributed by atoms with Gasteiger partial charge in [-0.3, -0.25) is 9.69 Å². The molecule has 1 aromatic heterocycles. The minimum atomic E-state index is -0.0311. The molecule has 0 unspecified atom stereocenters. The molecule has 1 saturated heterocycles. The number of carbonyl (C=O) groups excluding carboxylic acids is 1. The van der Waals surface area contributed by atoms with Crippen LogP contribution in [-0.4, -0.2) is 54.2 Å². The van der Waals surface area contributed by atoms with E-state index in [9.17, 15) is 4.79 Å². The van der Waals surface area contributed by atoms with Crippen LogP contribution in [0.1, 0.15) is 29.9 Å². The summed E-state index contributed by atoms with van der Waals surface area (Å²) >= 11 is 0. The Kier molecular flexibility index (Phi) is 4.27. The number of nitrogens with one attached hydrogen (secondary N) is 2. The Labute approximate surface area is 114 Å². The average molecular weight is 265 g/mol. The molecule has 2 heterocycles. The van der Waals surface area contributed by atoms with E-state index < -0.39 is 0 Å². The van der Waals surface area contributed by atoms with Crippen LogP contribution in [0.5, 0.6) is 0 Å². The van der Waals surface area contributed by atoms with Crippen molar-refractivity contribution >= 4 is 5.91 Å². The van der Waals surface area contributed by atoms with Crippen LogP contribution in [0.4, 0.5) is 0 Å². The van der Waals surface area contributed by atoms with E-state index in [1.807, 2.05) is 13.0 Å². The maximum Gasteiger partial charge on any atom is 0.253 e. The van der Waals surface area contributed by atoms with Crippen LogP contribution >= 0.6 is 0 Å². The van der Waals surface area contributed by atoms with Crippen molar-refractivity contribution in [2.45, 2.75) is 39.0 Å². The maximum absolute atomic E-state index is 12.2. The summed E-state index contributed by atoms with van der Waals surface area (Å²) in [6.45, 7) is 7.93. The molecular weight excluding hydrogens is 242 g/mol. The van der Waals surface area contributed by atoms with Gasteiger partial charge >= 0.3 is 0 Å². The van der Waals surface area contributed by atoms with Gasteiger partial charge in [0.1, 0.15) is 0 Å². The number of likely N-dealkylation sites (tertiary alicyclic amines) is 1. The van der Waals surface area contributed by atoms with Crippen LogP contribution < -0.4 is 5.32 Å². The number of ether oxygens (including phenoxy) is 1. The molecule has 0 aliphatic carbocycles. The number of methoxy groups -OCH3 is 1. The first kappa shape index (κ1) is 14.1. The van der Waals surface area contributed by atoms with E-state index in [0.29, 0.717) is 11.6 Å². The lowest BCUT2D eigenvalue weighted by atomic mass is 10.2. The number of aromatic nitrogens is 1. The monoisotopic (exact) mass is 265 g/mol. The van der Waals surface area contributed by atoms with Gasteiger partial charge in [0.25, 0.3) is 5.91 Å². The standard InChI is InChI=1S/C14H23N3O2/c1-9(2)17-7-12(13(8-17)19-4)16-14(18)11-5-6-15-10(11)3/h5-6,9,12-13,15H,7-8H2,1-4H3,(H,16,18)/t12-,13-/m0/s1. The number of aryl methyl sites for hydroxylation is 1. The van der Waals surface area contributed by atoms with Crippen molar-refractivity contribution in [3.05, 3.63) is 23.5 Å². The summed E-state index contributed by atoms with van der Waals surface area (Å²) in [5.41, 5.74) is 1.60. The second kappa shape index (κ2) is 5.75. The summed E-state index contributed by atoms with van der Waals surface area (Å²) in [5.74, 6) is -0.0311. The molecule has 0 radical (unpaired) electrons. The summed E-state index contributed by atoms with van der Waals surface area (Å²) in [6, 6.07) is 2.32. The Bertz CT molecular complexity index is 442. The normalized spacial score (nSPS) is 24.1. The molecule has 2 N–H and O–H groups in total. The summed E-state index contributed by atoms with van der Waals surface area (Å²) in [6.07, 6.45) is 1.85. The van der Waals surface area contributed by atoms with E-state index in [0.717, 1.165) is 18.8 Å². The number of hydrogen-bond acceptors (Lipinski definition) is 3. The van der Waals surface area contributed by atoms with E-state index in [1.54, 1.807) is 13.3 Å². The van der Waals surface area contributed by atoms with Crippen molar-refractivity contribution in [2.24, 2.45) is 0 Å². The van der Waals surface area contributed by atoms with E-state index in [4.69, 9.17) is 4.74 Å². The number of aromatic amines is 1. The second-order valence-electron chi connectivity index (χ2n) is 5.42. The molecule has 0 spiro atoms. The zero-order chi connectivity index (χ0) is 14.0. The van der Waals surface area contributed by atoms with Crippen LogP contribution in [0.2, 0.25) is 0 Å². The lowest BCUT2D eigenvalue weighted by Gasteiger charge is -2.20. The van der Waals surface area contributed by atoms with Crippen molar-refractivity contribution < 1.29 is 9.53 Å². The minimum Gasteiger partial charge on any atom is -0.378 e. The molecule has 5 heteroatoms. The quantitative estimate of drug-likeness (QED) is 0.859. The van der Waals surface area contributed by atoms with Crippen molar-refractivity contribution in [1.29, 1.82) is 0 Å². The van der Waals surface area contributed by atoms with Gasteiger partial charge in [-0.25, -0.2) is 0 Å². The fraction of sp³-hybridized carbons (Fsp3) is 0.643. The highest BCUT2D eigenvalue weighted by molar-refractivity contribution is 5.95. The molecule has 1 aliphatic heterocycles. The molecule has 0 aromatic carbocycles. The second-order valence-corrected chi connectivity index (χ2v) is 5.42. The summed E-state index contributed by atoms with van der Waals surface area (Å²) in [5, 5.41) is 3.08. The lowest BCUT2D eigenvalue weighted by molar-refractivity contribution is 0.0753. The number of H-pyrrole nitrogens is 1.